The van der Waals surface area contributed by atoms with Crippen LogP contribution in [0.4, 0.5) is 5.82 Å². The number of amides is 2. The van der Waals surface area contributed by atoms with Crippen LogP contribution in [0.2, 0.25) is 0 Å². The third-order valence-corrected chi connectivity index (χ3v) is 2.99. The number of hydrogen-bond donors (Lipinski definition) is 2. The summed E-state index contributed by atoms with van der Waals surface area (Å²) in [5.41, 5.74) is 1.27. The van der Waals surface area contributed by atoms with E-state index in [-0.39, 0.29) is 18.4 Å². The fourth-order valence-electron chi connectivity index (χ4n) is 1.93. The van der Waals surface area contributed by atoms with Crippen molar-refractivity contribution in [2.45, 2.75) is 13.8 Å². The molecule has 6 heteroatoms. The largest absolute Gasteiger partial charge is 0.494 e. The zero-order valence-electron chi connectivity index (χ0n) is 13.1. The van der Waals surface area contributed by atoms with Crippen LogP contribution in [0.5, 0.6) is 5.75 Å². The fraction of sp³-hybridized carbons (Fsp3) is 0.235. The lowest BCUT2D eigenvalue weighted by Crippen LogP contribution is -2.33. The Balaban J connectivity index is 1.84. The Hall–Kier alpha value is -2.89. The quantitative estimate of drug-likeness (QED) is 0.856. The summed E-state index contributed by atoms with van der Waals surface area (Å²) in [4.78, 5) is 28.0. The van der Waals surface area contributed by atoms with Gasteiger partial charge in [0, 0.05) is 11.3 Å². The molecule has 0 unspecified atom stereocenters. The van der Waals surface area contributed by atoms with E-state index in [0.717, 1.165) is 5.69 Å². The Morgan fingerprint density at radius 3 is 2.52 bits per heavy atom. The first-order valence-corrected chi connectivity index (χ1v) is 7.33. The summed E-state index contributed by atoms with van der Waals surface area (Å²) in [7, 11) is 0. The van der Waals surface area contributed by atoms with E-state index in [9.17, 15) is 9.59 Å². The van der Waals surface area contributed by atoms with Gasteiger partial charge in [-0.05, 0) is 50.2 Å². The summed E-state index contributed by atoms with van der Waals surface area (Å²) >= 11 is 0. The number of carbonyl (C=O) groups excluding carboxylic acids is 2. The Morgan fingerprint density at radius 1 is 1.13 bits per heavy atom. The SMILES string of the molecule is CCOc1ccc(C(=O)NCC(=O)Nc2cccc(C)n2)cc1. The van der Waals surface area contributed by atoms with Gasteiger partial charge in [0.15, 0.2) is 0 Å². The summed E-state index contributed by atoms with van der Waals surface area (Å²) < 4.78 is 5.31. The van der Waals surface area contributed by atoms with E-state index in [1.807, 2.05) is 19.9 Å². The molecule has 0 saturated heterocycles. The van der Waals surface area contributed by atoms with Gasteiger partial charge in [-0.2, -0.15) is 0 Å². The highest BCUT2D eigenvalue weighted by molar-refractivity contribution is 5.99. The van der Waals surface area contributed by atoms with Crippen molar-refractivity contribution in [2.75, 3.05) is 18.5 Å². The normalized spacial score (nSPS) is 10.0. The lowest BCUT2D eigenvalue weighted by atomic mass is 10.2. The lowest BCUT2D eigenvalue weighted by Gasteiger charge is -2.08. The minimum absolute atomic E-state index is 0.123. The first-order valence-electron chi connectivity index (χ1n) is 7.33. The Morgan fingerprint density at radius 2 is 1.87 bits per heavy atom. The molecule has 23 heavy (non-hydrogen) atoms. The molecule has 1 aromatic heterocycles. The van der Waals surface area contributed by atoms with Crippen LogP contribution in [0.25, 0.3) is 0 Å². The predicted octanol–water partition coefficient (Wildman–Crippen LogP) is 2.16. The van der Waals surface area contributed by atoms with Crippen molar-refractivity contribution in [3.8, 4) is 5.75 Å². The summed E-state index contributed by atoms with van der Waals surface area (Å²) in [5, 5.41) is 5.20. The predicted molar refractivity (Wildman–Crippen MR) is 87.5 cm³/mol. The molecule has 0 bridgehead atoms. The van der Waals surface area contributed by atoms with E-state index >= 15 is 0 Å². The van der Waals surface area contributed by atoms with Gasteiger partial charge in [0.05, 0.1) is 13.2 Å². The maximum atomic E-state index is 12.0. The van der Waals surface area contributed by atoms with Gasteiger partial charge < -0.3 is 15.4 Å². The highest BCUT2D eigenvalue weighted by atomic mass is 16.5. The molecule has 2 aromatic rings. The second-order valence-electron chi connectivity index (χ2n) is 4.85. The van der Waals surface area contributed by atoms with Crippen LogP contribution in [0.1, 0.15) is 23.0 Å². The van der Waals surface area contributed by atoms with E-state index in [2.05, 4.69) is 15.6 Å². The number of aromatic nitrogens is 1. The van der Waals surface area contributed by atoms with E-state index in [1.165, 1.54) is 0 Å². The monoisotopic (exact) mass is 313 g/mol. The molecule has 6 nitrogen and oxygen atoms in total. The molecule has 0 spiro atoms. The maximum absolute atomic E-state index is 12.0. The first-order chi connectivity index (χ1) is 11.1. The molecular weight excluding hydrogens is 294 g/mol. The number of ether oxygens (including phenoxy) is 1. The van der Waals surface area contributed by atoms with Crippen LogP contribution in [-0.4, -0.2) is 29.9 Å². The number of benzene rings is 1. The first kappa shape index (κ1) is 16.5. The summed E-state index contributed by atoms with van der Waals surface area (Å²) in [6, 6.07) is 12.1. The molecule has 2 amide bonds. The molecule has 0 aliphatic rings. The third-order valence-electron chi connectivity index (χ3n) is 2.99. The van der Waals surface area contributed by atoms with Gasteiger partial charge in [-0.25, -0.2) is 4.98 Å². The number of carbonyl (C=O) groups is 2. The van der Waals surface area contributed by atoms with Crippen molar-refractivity contribution in [3.05, 3.63) is 53.7 Å². The number of aryl methyl sites for hydroxylation is 1. The van der Waals surface area contributed by atoms with Gasteiger partial charge >= 0.3 is 0 Å². The molecule has 2 N–H and O–H groups in total. The molecule has 120 valence electrons. The van der Waals surface area contributed by atoms with E-state index in [1.54, 1.807) is 36.4 Å². The fourth-order valence-corrected chi connectivity index (χ4v) is 1.93. The lowest BCUT2D eigenvalue weighted by molar-refractivity contribution is -0.115. The second kappa shape index (κ2) is 7.93. The molecule has 1 aromatic carbocycles. The zero-order valence-corrected chi connectivity index (χ0v) is 13.1. The number of pyridine rings is 1. The van der Waals surface area contributed by atoms with Gasteiger partial charge in [0.25, 0.3) is 5.91 Å². The second-order valence-corrected chi connectivity index (χ2v) is 4.85. The van der Waals surface area contributed by atoms with Gasteiger partial charge in [-0.1, -0.05) is 6.07 Å². The molecule has 0 saturated carbocycles. The molecule has 0 aliphatic carbocycles. The van der Waals surface area contributed by atoms with Crippen molar-refractivity contribution in [1.29, 1.82) is 0 Å². The maximum Gasteiger partial charge on any atom is 0.251 e. The van der Waals surface area contributed by atoms with Crippen molar-refractivity contribution >= 4 is 17.6 Å². The van der Waals surface area contributed by atoms with Gasteiger partial charge in [-0.15, -0.1) is 0 Å². The van der Waals surface area contributed by atoms with Crippen molar-refractivity contribution in [1.82, 2.24) is 10.3 Å². The van der Waals surface area contributed by atoms with Crippen molar-refractivity contribution < 1.29 is 14.3 Å². The minimum Gasteiger partial charge on any atom is -0.494 e. The molecule has 0 aliphatic heterocycles. The van der Waals surface area contributed by atoms with Gasteiger partial charge in [0.1, 0.15) is 11.6 Å². The highest BCUT2D eigenvalue weighted by Gasteiger charge is 2.09. The van der Waals surface area contributed by atoms with Gasteiger partial charge in [-0.3, -0.25) is 9.59 Å². The standard InChI is InChI=1S/C17H19N3O3/c1-3-23-14-9-7-13(8-10-14)17(22)18-11-16(21)20-15-6-4-5-12(2)19-15/h4-10H,3,11H2,1-2H3,(H,18,22)(H,19,20,21). The summed E-state index contributed by atoms with van der Waals surface area (Å²) in [6.45, 7) is 4.17. The Kier molecular flexibility index (Phi) is 5.68. The minimum atomic E-state index is -0.331. The number of hydrogen-bond acceptors (Lipinski definition) is 4. The van der Waals surface area contributed by atoms with Gasteiger partial charge in [0.2, 0.25) is 5.91 Å². The average molecular weight is 313 g/mol. The van der Waals surface area contributed by atoms with Crippen LogP contribution >= 0.6 is 0 Å². The molecule has 0 radical (unpaired) electrons. The van der Waals surface area contributed by atoms with E-state index in [0.29, 0.717) is 23.7 Å². The van der Waals surface area contributed by atoms with Crippen LogP contribution in [0.3, 0.4) is 0 Å². The molecular formula is C17H19N3O3. The molecule has 0 fully saturated rings. The van der Waals surface area contributed by atoms with Crippen LogP contribution in [-0.2, 0) is 4.79 Å². The summed E-state index contributed by atoms with van der Waals surface area (Å²) in [5.74, 6) is 0.514. The Bertz CT molecular complexity index is 684. The molecule has 0 atom stereocenters. The smallest absolute Gasteiger partial charge is 0.251 e. The number of nitrogens with zero attached hydrogens (tertiary/aromatic N) is 1. The average Bonchev–Trinajstić information content (AvgIpc) is 2.54. The molecule has 2 rings (SSSR count). The zero-order chi connectivity index (χ0) is 16.7. The number of anilines is 1. The third kappa shape index (κ3) is 5.10. The Labute approximate surface area is 134 Å². The highest BCUT2D eigenvalue weighted by Crippen LogP contribution is 2.11. The van der Waals surface area contributed by atoms with E-state index in [4.69, 9.17) is 4.74 Å². The number of rotatable bonds is 6. The van der Waals surface area contributed by atoms with Crippen LogP contribution in [0, 0.1) is 6.92 Å². The topological polar surface area (TPSA) is 80.3 Å². The van der Waals surface area contributed by atoms with Crippen LogP contribution in [0.15, 0.2) is 42.5 Å². The van der Waals surface area contributed by atoms with Crippen molar-refractivity contribution in [3.63, 3.8) is 0 Å². The summed E-state index contributed by atoms with van der Waals surface area (Å²) in [6.07, 6.45) is 0. The van der Waals surface area contributed by atoms with Crippen molar-refractivity contribution in [2.24, 2.45) is 0 Å². The number of nitrogens with one attached hydrogen (secondary N) is 2. The van der Waals surface area contributed by atoms with Crippen LogP contribution < -0.4 is 15.4 Å². The molecule has 1 heterocycles. The van der Waals surface area contributed by atoms with E-state index < -0.39 is 0 Å².